The van der Waals surface area contributed by atoms with E-state index in [1.807, 2.05) is 49.7 Å². The molecule has 0 bridgehead atoms. The molecule has 4 nitrogen and oxygen atoms in total. The van der Waals surface area contributed by atoms with E-state index in [1.54, 1.807) is 6.07 Å². The molecule has 0 amide bonds. The minimum absolute atomic E-state index is 0.340. The maximum Gasteiger partial charge on any atom is 0.336 e. The lowest BCUT2D eigenvalue weighted by Crippen LogP contribution is -1.97. The molecule has 4 heteroatoms. The van der Waals surface area contributed by atoms with E-state index in [4.69, 9.17) is 4.42 Å². The van der Waals surface area contributed by atoms with Crippen LogP contribution in [0, 0.1) is 6.92 Å². The molecule has 1 N–H and O–H groups in total. The molecule has 0 unspecified atom stereocenters. The number of hydrogen-bond acceptors (Lipinski definition) is 3. The fourth-order valence-electron chi connectivity index (χ4n) is 2.74. The first kappa shape index (κ1) is 13.5. The number of aryl methyl sites for hydroxylation is 1. The minimum atomic E-state index is -0.340. The van der Waals surface area contributed by atoms with Crippen LogP contribution in [0.1, 0.15) is 11.1 Å². The Labute approximate surface area is 132 Å². The van der Waals surface area contributed by atoms with Gasteiger partial charge in [-0.05, 0) is 30.7 Å². The van der Waals surface area contributed by atoms with Crippen molar-refractivity contribution in [3.05, 3.63) is 76.3 Å². The van der Waals surface area contributed by atoms with Gasteiger partial charge in [0.25, 0.3) is 0 Å². The first-order chi connectivity index (χ1) is 11.2. The average Bonchev–Trinajstić information content (AvgIpc) is 2.95. The van der Waals surface area contributed by atoms with Crippen molar-refractivity contribution in [3.63, 3.8) is 0 Å². The molecule has 112 valence electrons. The number of aliphatic imine (C=N–C) groups is 1. The van der Waals surface area contributed by atoms with Crippen molar-refractivity contribution in [1.82, 2.24) is 4.98 Å². The van der Waals surface area contributed by atoms with Gasteiger partial charge in [-0.25, -0.2) is 4.79 Å². The number of para-hydroxylation sites is 1. The van der Waals surface area contributed by atoms with Gasteiger partial charge in [0.15, 0.2) is 0 Å². The van der Waals surface area contributed by atoms with E-state index >= 15 is 0 Å². The highest BCUT2D eigenvalue weighted by Crippen LogP contribution is 2.23. The number of rotatable bonds is 2. The van der Waals surface area contributed by atoms with E-state index in [2.05, 4.69) is 16.0 Å². The van der Waals surface area contributed by atoms with E-state index in [0.717, 1.165) is 33.1 Å². The molecule has 23 heavy (non-hydrogen) atoms. The molecule has 2 aromatic heterocycles. The molecule has 0 aliphatic rings. The zero-order valence-corrected chi connectivity index (χ0v) is 12.5. The molecule has 2 aromatic carbocycles. The van der Waals surface area contributed by atoms with Gasteiger partial charge in [0.05, 0.1) is 5.69 Å². The van der Waals surface area contributed by atoms with Crippen molar-refractivity contribution >= 4 is 33.8 Å². The maximum atomic E-state index is 11.5. The normalized spacial score (nSPS) is 11.7. The molecular weight excluding hydrogens is 288 g/mol. The Morgan fingerprint density at radius 3 is 2.87 bits per heavy atom. The molecule has 4 aromatic rings. The van der Waals surface area contributed by atoms with Crippen LogP contribution in [0.3, 0.4) is 0 Å². The van der Waals surface area contributed by atoms with E-state index in [0.29, 0.717) is 5.58 Å². The quantitative estimate of drug-likeness (QED) is 0.442. The Morgan fingerprint density at radius 2 is 1.96 bits per heavy atom. The Morgan fingerprint density at radius 1 is 1.09 bits per heavy atom. The number of nitrogens with zero attached hydrogens (tertiary/aromatic N) is 1. The molecule has 4 rings (SSSR count). The van der Waals surface area contributed by atoms with Crippen LogP contribution in [0.25, 0.3) is 21.9 Å². The number of fused-ring (bicyclic) bond motifs is 2. The molecule has 0 aliphatic carbocycles. The SMILES string of the molecule is Cc1cc(=O)oc2cc(N=Cc3c[nH]c4ccccc34)ccc12. The average molecular weight is 302 g/mol. The lowest BCUT2D eigenvalue weighted by molar-refractivity contribution is 0.560. The smallest absolute Gasteiger partial charge is 0.336 e. The zero-order chi connectivity index (χ0) is 15.8. The first-order valence-electron chi connectivity index (χ1n) is 7.35. The lowest BCUT2D eigenvalue weighted by Gasteiger charge is -2.01. The highest BCUT2D eigenvalue weighted by atomic mass is 16.4. The number of aromatic amines is 1. The van der Waals surface area contributed by atoms with E-state index in [9.17, 15) is 4.79 Å². The molecule has 0 aliphatic heterocycles. The number of hydrogen-bond donors (Lipinski definition) is 1. The Balaban J connectivity index is 1.76. The molecule has 2 heterocycles. The van der Waals surface area contributed by atoms with Gasteiger partial charge in [-0.15, -0.1) is 0 Å². The second-order valence-corrected chi connectivity index (χ2v) is 5.48. The van der Waals surface area contributed by atoms with E-state index in [-0.39, 0.29) is 5.63 Å². The summed E-state index contributed by atoms with van der Waals surface area (Å²) >= 11 is 0. The maximum absolute atomic E-state index is 11.5. The fourth-order valence-corrected chi connectivity index (χ4v) is 2.74. The molecule has 0 saturated carbocycles. The van der Waals surface area contributed by atoms with Crippen LogP contribution < -0.4 is 5.63 Å². The molecule has 0 saturated heterocycles. The first-order valence-corrected chi connectivity index (χ1v) is 7.35. The van der Waals surface area contributed by atoms with Crippen molar-refractivity contribution in [3.8, 4) is 0 Å². The Kier molecular flexibility index (Phi) is 3.08. The lowest BCUT2D eigenvalue weighted by atomic mass is 10.1. The van der Waals surface area contributed by atoms with Crippen molar-refractivity contribution in [2.45, 2.75) is 6.92 Å². The van der Waals surface area contributed by atoms with Gasteiger partial charge in [0.2, 0.25) is 0 Å². The number of aromatic nitrogens is 1. The van der Waals surface area contributed by atoms with Gasteiger partial charge in [-0.1, -0.05) is 18.2 Å². The van der Waals surface area contributed by atoms with Gasteiger partial charge in [-0.3, -0.25) is 4.99 Å². The third kappa shape index (κ3) is 2.44. The fraction of sp³-hybridized carbons (Fsp3) is 0.0526. The van der Waals surface area contributed by atoms with Gasteiger partial charge in [-0.2, -0.15) is 0 Å². The molecule has 0 spiro atoms. The standard InChI is InChI=1S/C19H14N2O2/c1-12-8-19(22)23-18-9-14(6-7-15(12)18)20-10-13-11-21-17-5-3-2-4-16(13)17/h2-11,21H,1H3. The summed E-state index contributed by atoms with van der Waals surface area (Å²) in [6, 6.07) is 15.2. The van der Waals surface area contributed by atoms with Crippen LogP contribution in [0.5, 0.6) is 0 Å². The number of H-pyrrole nitrogens is 1. The van der Waals surface area contributed by atoms with Crippen molar-refractivity contribution in [1.29, 1.82) is 0 Å². The molecule has 0 radical (unpaired) electrons. The summed E-state index contributed by atoms with van der Waals surface area (Å²) in [5.41, 5.74) is 3.97. The highest BCUT2D eigenvalue weighted by molar-refractivity contribution is 5.99. The van der Waals surface area contributed by atoms with Crippen LogP contribution in [0.2, 0.25) is 0 Å². The van der Waals surface area contributed by atoms with Crippen molar-refractivity contribution in [2.24, 2.45) is 4.99 Å². The summed E-state index contributed by atoms with van der Waals surface area (Å²) in [5, 5.41) is 2.05. The zero-order valence-electron chi connectivity index (χ0n) is 12.5. The van der Waals surface area contributed by atoms with Crippen LogP contribution in [-0.2, 0) is 0 Å². The minimum Gasteiger partial charge on any atom is -0.423 e. The van der Waals surface area contributed by atoms with Crippen LogP contribution in [0.4, 0.5) is 5.69 Å². The highest BCUT2D eigenvalue weighted by Gasteiger charge is 2.03. The molecular formula is C19H14N2O2. The van der Waals surface area contributed by atoms with Crippen molar-refractivity contribution in [2.75, 3.05) is 0 Å². The number of benzene rings is 2. The van der Waals surface area contributed by atoms with Gasteiger partial charge >= 0.3 is 5.63 Å². The summed E-state index contributed by atoms with van der Waals surface area (Å²) in [6.07, 6.45) is 3.74. The van der Waals surface area contributed by atoms with Gasteiger partial charge < -0.3 is 9.40 Å². The van der Waals surface area contributed by atoms with Gasteiger partial charge in [0.1, 0.15) is 5.58 Å². The van der Waals surface area contributed by atoms with Crippen LogP contribution >= 0.6 is 0 Å². The third-order valence-corrected chi connectivity index (χ3v) is 3.91. The summed E-state index contributed by atoms with van der Waals surface area (Å²) in [5.74, 6) is 0. The number of nitrogens with one attached hydrogen (secondary N) is 1. The predicted molar refractivity (Wildman–Crippen MR) is 92.8 cm³/mol. The van der Waals surface area contributed by atoms with E-state index < -0.39 is 0 Å². The van der Waals surface area contributed by atoms with Crippen molar-refractivity contribution < 1.29 is 4.42 Å². The Hall–Kier alpha value is -3.14. The summed E-state index contributed by atoms with van der Waals surface area (Å²) < 4.78 is 5.25. The second kappa shape index (κ2) is 5.25. The Bertz CT molecular complexity index is 1100. The third-order valence-electron chi connectivity index (χ3n) is 3.91. The van der Waals surface area contributed by atoms with E-state index in [1.165, 1.54) is 6.07 Å². The largest absolute Gasteiger partial charge is 0.423 e. The second-order valence-electron chi connectivity index (χ2n) is 5.48. The topological polar surface area (TPSA) is 58.4 Å². The van der Waals surface area contributed by atoms with Gasteiger partial charge in [0, 0.05) is 46.4 Å². The summed E-state index contributed by atoms with van der Waals surface area (Å²) in [4.78, 5) is 19.2. The predicted octanol–water partition coefficient (Wildman–Crippen LogP) is 4.33. The molecule has 0 fully saturated rings. The van der Waals surface area contributed by atoms with Crippen LogP contribution in [0.15, 0.2) is 68.9 Å². The summed E-state index contributed by atoms with van der Waals surface area (Å²) in [6.45, 7) is 1.90. The van der Waals surface area contributed by atoms with Crippen LogP contribution in [-0.4, -0.2) is 11.2 Å². The summed E-state index contributed by atoms with van der Waals surface area (Å²) in [7, 11) is 0. The molecule has 0 atom stereocenters. The monoisotopic (exact) mass is 302 g/mol.